The van der Waals surface area contributed by atoms with Crippen molar-refractivity contribution in [3.8, 4) is 0 Å². The Labute approximate surface area is 78.2 Å². The van der Waals surface area contributed by atoms with Crippen LogP contribution in [0.25, 0.3) is 0 Å². The Hall–Kier alpha value is -0.490. The Morgan fingerprint density at radius 1 is 1.58 bits per heavy atom. The lowest BCUT2D eigenvalue weighted by atomic mass is 10.2. The van der Waals surface area contributed by atoms with Crippen molar-refractivity contribution >= 4 is 15.9 Å². The molecule has 12 heavy (non-hydrogen) atoms. The lowest BCUT2D eigenvalue weighted by Crippen LogP contribution is -2.25. The molecule has 2 rings (SSSR count). The van der Waals surface area contributed by atoms with Gasteiger partial charge in [-0.05, 0) is 22.0 Å². The van der Waals surface area contributed by atoms with Crippen molar-refractivity contribution in [3.05, 3.63) is 28.5 Å². The first-order valence-electron chi connectivity index (χ1n) is 3.53. The monoisotopic (exact) mass is 229 g/mol. The molecule has 1 aliphatic heterocycles. The van der Waals surface area contributed by atoms with Crippen LogP contribution in [0, 0.1) is 0 Å². The van der Waals surface area contributed by atoms with Gasteiger partial charge in [-0.25, -0.2) is 5.43 Å². The van der Waals surface area contributed by atoms with E-state index < -0.39 is 0 Å². The standard InChI is InChI=1S/C7H8BrN3O/c8-5-1-4(2-10-3-5)6-7(11-9)12-6/h1-3,6-7,11H,9H2. The summed E-state index contributed by atoms with van der Waals surface area (Å²) in [4.78, 5) is 4.02. The Morgan fingerprint density at radius 3 is 3.00 bits per heavy atom. The third kappa shape index (κ3) is 1.49. The van der Waals surface area contributed by atoms with Gasteiger partial charge in [0.1, 0.15) is 6.10 Å². The second kappa shape index (κ2) is 3.10. The quantitative estimate of drug-likeness (QED) is 0.446. The number of nitrogens with zero attached hydrogens (tertiary/aromatic N) is 1. The van der Waals surface area contributed by atoms with E-state index in [1.54, 1.807) is 12.4 Å². The van der Waals surface area contributed by atoms with Crippen LogP contribution in [-0.4, -0.2) is 11.2 Å². The maximum Gasteiger partial charge on any atom is 0.152 e. The predicted molar refractivity (Wildman–Crippen MR) is 46.9 cm³/mol. The first kappa shape index (κ1) is 8.12. The van der Waals surface area contributed by atoms with Crippen LogP contribution in [0.4, 0.5) is 0 Å². The summed E-state index contributed by atoms with van der Waals surface area (Å²) in [7, 11) is 0. The number of nitrogens with one attached hydrogen (secondary N) is 1. The number of hydrazine groups is 1. The molecule has 0 spiro atoms. The van der Waals surface area contributed by atoms with Gasteiger partial charge < -0.3 is 4.74 Å². The summed E-state index contributed by atoms with van der Waals surface area (Å²) in [5.41, 5.74) is 3.58. The lowest BCUT2D eigenvalue weighted by Gasteiger charge is -1.95. The molecule has 5 heteroatoms. The second-order valence-corrected chi connectivity index (χ2v) is 3.50. The van der Waals surface area contributed by atoms with Crippen LogP contribution < -0.4 is 11.3 Å². The molecular weight excluding hydrogens is 222 g/mol. The summed E-state index contributed by atoms with van der Waals surface area (Å²) in [6.45, 7) is 0. The van der Waals surface area contributed by atoms with E-state index >= 15 is 0 Å². The first-order chi connectivity index (χ1) is 5.81. The van der Waals surface area contributed by atoms with Crippen LogP contribution >= 0.6 is 15.9 Å². The molecule has 1 saturated heterocycles. The third-order valence-electron chi connectivity index (χ3n) is 1.71. The van der Waals surface area contributed by atoms with E-state index in [4.69, 9.17) is 10.6 Å². The molecule has 64 valence electrons. The molecule has 1 fully saturated rings. The number of ether oxygens (including phenoxy) is 1. The van der Waals surface area contributed by atoms with Gasteiger partial charge in [0.15, 0.2) is 6.23 Å². The van der Waals surface area contributed by atoms with Crippen molar-refractivity contribution in [1.82, 2.24) is 10.4 Å². The zero-order valence-electron chi connectivity index (χ0n) is 6.20. The predicted octanol–water partition coefficient (Wildman–Crippen LogP) is 0.705. The summed E-state index contributed by atoms with van der Waals surface area (Å²) in [5, 5.41) is 0. The van der Waals surface area contributed by atoms with Crippen molar-refractivity contribution in [3.63, 3.8) is 0 Å². The Kier molecular flexibility index (Phi) is 2.10. The molecular formula is C7H8BrN3O. The fraction of sp³-hybridized carbons (Fsp3) is 0.286. The minimum atomic E-state index is -0.0545. The highest BCUT2D eigenvalue weighted by Crippen LogP contribution is 2.36. The minimum absolute atomic E-state index is 0.0545. The van der Waals surface area contributed by atoms with Crippen molar-refractivity contribution in [2.45, 2.75) is 12.3 Å². The van der Waals surface area contributed by atoms with Crippen molar-refractivity contribution in [1.29, 1.82) is 0 Å². The van der Waals surface area contributed by atoms with E-state index in [1.165, 1.54) is 0 Å². The van der Waals surface area contributed by atoms with Gasteiger partial charge in [0.2, 0.25) is 0 Å². The van der Waals surface area contributed by atoms with E-state index in [0.29, 0.717) is 0 Å². The maximum atomic E-state index is 5.21. The van der Waals surface area contributed by atoms with E-state index in [2.05, 4.69) is 26.3 Å². The minimum Gasteiger partial charge on any atom is -0.347 e. The number of pyridine rings is 1. The number of epoxide rings is 1. The molecule has 0 saturated carbocycles. The molecule has 0 radical (unpaired) electrons. The van der Waals surface area contributed by atoms with Crippen molar-refractivity contribution < 1.29 is 4.74 Å². The van der Waals surface area contributed by atoms with E-state index in [1.807, 2.05) is 6.07 Å². The van der Waals surface area contributed by atoms with Gasteiger partial charge in [0.25, 0.3) is 0 Å². The number of hydrogen-bond donors (Lipinski definition) is 2. The molecule has 0 aromatic carbocycles. The van der Waals surface area contributed by atoms with Crippen molar-refractivity contribution in [2.24, 2.45) is 5.84 Å². The number of hydrogen-bond acceptors (Lipinski definition) is 4. The molecule has 4 nitrogen and oxygen atoms in total. The van der Waals surface area contributed by atoms with Crippen molar-refractivity contribution in [2.75, 3.05) is 0 Å². The summed E-state index contributed by atoms with van der Waals surface area (Å²) in [6.07, 6.45) is 3.50. The lowest BCUT2D eigenvalue weighted by molar-refractivity contribution is 0.349. The molecule has 1 aromatic rings. The molecule has 1 aliphatic rings. The van der Waals surface area contributed by atoms with Crippen LogP contribution in [0.3, 0.4) is 0 Å². The number of aromatic nitrogens is 1. The van der Waals surface area contributed by atoms with Gasteiger partial charge in [0.05, 0.1) is 0 Å². The Bertz CT molecular complexity index is 294. The number of halogens is 1. The first-order valence-corrected chi connectivity index (χ1v) is 4.32. The molecule has 2 atom stereocenters. The highest BCUT2D eigenvalue weighted by molar-refractivity contribution is 9.10. The van der Waals surface area contributed by atoms with Gasteiger partial charge in [-0.1, -0.05) is 0 Å². The molecule has 2 unspecified atom stereocenters. The molecule has 0 amide bonds. The van der Waals surface area contributed by atoms with Crippen LogP contribution in [-0.2, 0) is 4.74 Å². The fourth-order valence-electron chi connectivity index (χ4n) is 1.08. The second-order valence-electron chi connectivity index (χ2n) is 2.58. The topological polar surface area (TPSA) is 63.5 Å². The van der Waals surface area contributed by atoms with Crippen LogP contribution in [0.1, 0.15) is 11.7 Å². The van der Waals surface area contributed by atoms with Crippen LogP contribution in [0.2, 0.25) is 0 Å². The van der Waals surface area contributed by atoms with Gasteiger partial charge in [-0.2, -0.15) is 0 Å². The van der Waals surface area contributed by atoms with Gasteiger partial charge in [0, 0.05) is 22.4 Å². The summed E-state index contributed by atoms with van der Waals surface area (Å²) >= 11 is 3.33. The van der Waals surface area contributed by atoms with Crippen LogP contribution in [0.5, 0.6) is 0 Å². The average molecular weight is 230 g/mol. The van der Waals surface area contributed by atoms with E-state index in [-0.39, 0.29) is 12.3 Å². The highest BCUT2D eigenvalue weighted by atomic mass is 79.9. The smallest absolute Gasteiger partial charge is 0.152 e. The third-order valence-corrected chi connectivity index (χ3v) is 2.14. The number of nitrogens with two attached hydrogens (primary N) is 1. The van der Waals surface area contributed by atoms with Crippen LogP contribution in [0.15, 0.2) is 22.9 Å². The molecule has 0 bridgehead atoms. The van der Waals surface area contributed by atoms with Gasteiger partial charge >= 0.3 is 0 Å². The molecule has 1 aromatic heterocycles. The maximum absolute atomic E-state index is 5.21. The molecule has 2 heterocycles. The zero-order valence-corrected chi connectivity index (χ0v) is 7.78. The molecule has 0 aliphatic carbocycles. The van der Waals surface area contributed by atoms with Gasteiger partial charge in [-0.3, -0.25) is 10.8 Å². The summed E-state index contributed by atoms with van der Waals surface area (Å²) in [5.74, 6) is 5.19. The average Bonchev–Trinajstić information content (AvgIpc) is 2.83. The fourth-order valence-corrected chi connectivity index (χ4v) is 1.46. The SMILES string of the molecule is NNC1OC1c1cncc(Br)c1. The largest absolute Gasteiger partial charge is 0.347 e. The normalized spacial score (nSPS) is 27.2. The number of rotatable bonds is 2. The van der Waals surface area contributed by atoms with E-state index in [0.717, 1.165) is 10.0 Å². The zero-order chi connectivity index (χ0) is 8.55. The molecule has 3 N–H and O–H groups in total. The summed E-state index contributed by atoms with van der Waals surface area (Å²) < 4.78 is 6.16. The van der Waals surface area contributed by atoms with E-state index in [9.17, 15) is 0 Å². The highest BCUT2D eigenvalue weighted by Gasteiger charge is 2.39. The van der Waals surface area contributed by atoms with Gasteiger partial charge in [-0.15, -0.1) is 0 Å². The summed E-state index contributed by atoms with van der Waals surface area (Å²) in [6, 6.07) is 1.97. The Morgan fingerprint density at radius 2 is 2.42 bits per heavy atom. The Balaban J connectivity index is 2.14.